The number of carboxylic acids is 1. The summed E-state index contributed by atoms with van der Waals surface area (Å²) in [6.45, 7) is 15.8. The van der Waals surface area contributed by atoms with Crippen LogP contribution in [0.1, 0.15) is 87.5 Å². The first-order valence-corrected chi connectivity index (χ1v) is 13.9. The minimum Gasteiger partial charge on any atom is -0.480 e. The molecule has 0 bridgehead atoms. The number of nitrogens with one attached hydrogen (secondary N) is 1. The Labute approximate surface area is 222 Å². The molecule has 0 spiro atoms. The number of hydrogen-bond acceptors (Lipinski definition) is 5. The van der Waals surface area contributed by atoms with Crippen LogP contribution in [-0.2, 0) is 14.3 Å². The fourth-order valence-corrected chi connectivity index (χ4v) is 4.15. The zero-order chi connectivity index (χ0) is 27.7. The first-order valence-electron chi connectivity index (χ1n) is 12.8. The Balaban J connectivity index is 4.60. The molecular formula is C28H48N2O5S. The Morgan fingerprint density at radius 1 is 1.00 bits per heavy atom. The average molecular weight is 525 g/mol. The molecule has 0 radical (unpaired) electrons. The number of nitrogens with zero attached hydrogens (tertiary/aromatic N) is 1. The van der Waals surface area contributed by atoms with Crippen LogP contribution in [0.3, 0.4) is 0 Å². The molecule has 0 aliphatic rings. The summed E-state index contributed by atoms with van der Waals surface area (Å²) >= 11 is 1.46. The molecule has 1 atom stereocenters. The zero-order valence-corrected chi connectivity index (χ0v) is 24.4. The molecule has 36 heavy (non-hydrogen) atoms. The van der Waals surface area contributed by atoms with E-state index in [0.717, 1.165) is 25.7 Å². The largest absolute Gasteiger partial charge is 0.480 e. The summed E-state index contributed by atoms with van der Waals surface area (Å²) in [4.78, 5) is 37.8. The van der Waals surface area contributed by atoms with Crippen LogP contribution in [0.15, 0.2) is 34.9 Å². The second-order valence-corrected chi connectivity index (χ2v) is 11.4. The maximum absolute atomic E-state index is 12.5. The summed E-state index contributed by atoms with van der Waals surface area (Å²) in [6.07, 6.45) is 10.9. The Hall–Kier alpha value is -2.22. The summed E-state index contributed by atoms with van der Waals surface area (Å²) in [5.74, 6) is -0.686. The second kappa shape index (κ2) is 18.1. The number of carboxylic acid groups (broad SMARTS) is 1. The molecule has 0 saturated carbocycles. The minimum absolute atomic E-state index is 0.239. The molecule has 0 rings (SSSR count). The van der Waals surface area contributed by atoms with Gasteiger partial charge in [0.15, 0.2) is 0 Å². The molecule has 0 aliphatic carbocycles. The van der Waals surface area contributed by atoms with Crippen LogP contribution in [0.5, 0.6) is 0 Å². The fraction of sp³-hybridized carbons (Fsp3) is 0.679. The van der Waals surface area contributed by atoms with Crippen LogP contribution in [0, 0.1) is 0 Å². The van der Waals surface area contributed by atoms with Gasteiger partial charge in [-0.1, -0.05) is 41.9 Å². The van der Waals surface area contributed by atoms with E-state index >= 15 is 0 Å². The van der Waals surface area contributed by atoms with Gasteiger partial charge >= 0.3 is 12.1 Å². The van der Waals surface area contributed by atoms with E-state index in [2.05, 4.69) is 51.2 Å². The van der Waals surface area contributed by atoms with Gasteiger partial charge in [0.2, 0.25) is 5.91 Å². The Morgan fingerprint density at radius 3 is 2.11 bits per heavy atom. The average Bonchev–Trinajstić information content (AvgIpc) is 2.73. The number of rotatable bonds is 16. The number of carbonyl (C=O) groups is 3. The predicted molar refractivity (Wildman–Crippen MR) is 150 cm³/mol. The van der Waals surface area contributed by atoms with Crippen molar-refractivity contribution in [2.45, 2.75) is 99.1 Å². The van der Waals surface area contributed by atoms with E-state index in [4.69, 9.17) is 4.74 Å². The number of carbonyl (C=O) groups excluding carboxylic acids is 2. The third-order valence-corrected chi connectivity index (χ3v) is 6.04. The lowest BCUT2D eigenvalue weighted by atomic mass is 10.1. The van der Waals surface area contributed by atoms with Crippen LogP contribution in [0.25, 0.3) is 0 Å². The normalized spacial score (nSPS) is 13.1. The van der Waals surface area contributed by atoms with E-state index in [-0.39, 0.29) is 12.3 Å². The van der Waals surface area contributed by atoms with Crippen molar-refractivity contribution in [3.05, 3.63) is 34.9 Å². The molecule has 0 fully saturated rings. The Bertz CT molecular complexity index is 792. The zero-order valence-electron chi connectivity index (χ0n) is 23.6. The molecule has 8 heteroatoms. The van der Waals surface area contributed by atoms with Crippen molar-refractivity contribution in [1.29, 1.82) is 0 Å². The van der Waals surface area contributed by atoms with Gasteiger partial charge in [0.1, 0.15) is 18.2 Å². The maximum Gasteiger partial charge on any atom is 0.410 e. The van der Waals surface area contributed by atoms with Gasteiger partial charge in [-0.25, -0.2) is 9.59 Å². The number of aliphatic carboxylic acids is 1. The lowest BCUT2D eigenvalue weighted by Gasteiger charge is -2.27. The molecule has 0 aromatic rings. The second-order valence-electron chi connectivity index (χ2n) is 10.4. The van der Waals surface area contributed by atoms with Crippen molar-refractivity contribution in [3.63, 3.8) is 0 Å². The van der Waals surface area contributed by atoms with Crippen LogP contribution in [0.4, 0.5) is 4.79 Å². The van der Waals surface area contributed by atoms with Gasteiger partial charge in [-0.05, 0) is 80.6 Å². The molecule has 206 valence electrons. The molecule has 2 N–H and O–H groups in total. The van der Waals surface area contributed by atoms with E-state index in [1.807, 2.05) is 6.92 Å². The predicted octanol–water partition coefficient (Wildman–Crippen LogP) is 6.36. The smallest absolute Gasteiger partial charge is 0.410 e. The van der Waals surface area contributed by atoms with E-state index in [1.165, 1.54) is 33.4 Å². The van der Waals surface area contributed by atoms with Gasteiger partial charge < -0.3 is 15.2 Å². The molecule has 2 amide bonds. The third kappa shape index (κ3) is 18.1. The topological polar surface area (TPSA) is 95.9 Å². The summed E-state index contributed by atoms with van der Waals surface area (Å²) in [7, 11) is 0. The van der Waals surface area contributed by atoms with Gasteiger partial charge in [-0.2, -0.15) is 11.8 Å². The van der Waals surface area contributed by atoms with Crippen LogP contribution in [0.2, 0.25) is 0 Å². The number of amides is 2. The van der Waals surface area contributed by atoms with Gasteiger partial charge in [0.25, 0.3) is 0 Å². The van der Waals surface area contributed by atoms with E-state index in [9.17, 15) is 19.5 Å². The van der Waals surface area contributed by atoms with Gasteiger partial charge in [-0.3, -0.25) is 9.69 Å². The summed E-state index contributed by atoms with van der Waals surface area (Å²) in [5, 5.41) is 12.1. The summed E-state index contributed by atoms with van der Waals surface area (Å²) < 4.78 is 5.35. The standard InChI is InChI=1S/C28H48N2O5S/c1-9-17-30(27(34)35-28(6,7)8)19-25(31)29-24(26(32)33)20-36-18-16-23(5)15-11-14-22(4)13-10-12-21(2)3/h12,14,16,24H,9-11,13,15,17-20H2,1-8H3,(H,29,31)(H,32,33)/b22-14+,23-16+. The first-order chi connectivity index (χ1) is 16.7. The Kier molecular flexibility index (Phi) is 17.0. The Morgan fingerprint density at radius 2 is 1.58 bits per heavy atom. The number of hydrogen-bond donors (Lipinski definition) is 2. The highest BCUT2D eigenvalue weighted by atomic mass is 32.2. The molecule has 0 aromatic heterocycles. The van der Waals surface area contributed by atoms with E-state index in [0.29, 0.717) is 18.7 Å². The monoisotopic (exact) mass is 524 g/mol. The molecule has 0 aliphatic heterocycles. The van der Waals surface area contributed by atoms with Gasteiger partial charge in [0.05, 0.1) is 0 Å². The highest BCUT2D eigenvalue weighted by Crippen LogP contribution is 2.13. The SMILES string of the molecule is CCCN(CC(=O)NC(CSC/C=C(\C)CC/C=C(\C)CCC=C(C)C)C(=O)O)C(=O)OC(C)(C)C. The maximum atomic E-state index is 12.5. The molecule has 7 nitrogen and oxygen atoms in total. The number of ether oxygens (including phenoxy) is 1. The van der Waals surface area contributed by atoms with Crippen LogP contribution >= 0.6 is 11.8 Å². The molecule has 0 saturated heterocycles. The van der Waals surface area contributed by atoms with E-state index < -0.39 is 29.6 Å². The van der Waals surface area contributed by atoms with Crippen molar-refractivity contribution in [3.8, 4) is 0 Å². The molecule has 0 heterocycles. The molecule has 0 aromatic carbocycles. The third-order valence-electron chi connectivity index (χ3n) is 5.07. The van der Waals surface area contributed by atoms with Crippen molar-refractivity contribution < 1.29 is 24.2 Å². The summed E-state index contributed by atoms with van der Waals surface area (Å²) in [5.41, 5.74) is 3.34. The minimum atomic E-state index is -1.09. The number of thioether (sulfide) groups is 1. The fourth-order valence-electron chi connectivity index (χ4n) is 3.15. The van der Waals surface area contributed by atoms with Gasteiger partial charge in [-0.15, -0.1) is 0 Å². The van der Waals surface area contributed by atoms with Crippen molar-refractivity contribution in [2.24, 2.45) is 0 Å². The highest BCUT2D eigenvalue weighted by molar-refractivity contribution is 7.99. The summed E-state index contributed by atoms with van der Waals surface area (Å²) in [6, 6.07) is -1.02. The molecular weight excluding hydrogens is 476 g/mol. The van der Waals surface area contributed by atoms with Crippen LogP contribution < -0.4 is 5.32 Å². The highest BCUT2D eigenvalue weighted by Gasteiger charge is 2.26. The van der Waals surface area contributed by atoms with Crippen LogP contribution in [-0.4, -0.2) is 64.2 Å². The quantitative estimate of drug-likeness (QED) is 0.180. The van der Waals surface area contributed by atoms with Crippen molar-refractivity contribution >= 4 is 29.7 Å². The number of allylic oxidation sites excluding steroid dienone is 5. The first kappa shape index (κ1) is 33.8. The van der Waals surface area contributed by atoms with Crippen molar-refractivity contribution in [2.75, 3.05) is 24.6 Å². The lowest BCUT2D eigenvalue weighted by molar-refractivity contribution is -0.141. The van der Waals surface area contributed by atoms with Gasteiger partial charge in [0, 0.05) is 18.1 Å². The molecule has 1 unspecified atom stereocenters. The van der Waals surface area contributed by atoms with E-state index in [1.54, 1.807) is 20.8 Å². The van der Waals surface area contributed by atoms with Crippen molar-refractivity contribution in [1.82, 2.24) is 10.2 Å². The lowest BCUT2D eigenvalue weighted by Crippen LogP contribution is -2.49.